The van der Waals surface area contributed by atoms with Crippen LogP contribution in [0.1, 0.15) is 15.3 Å². The number of methoxy groups -OCH3 is 1. The number of thiophene rings is 1. The first kappa shape index (κ1) is 18.4. The highest BCUT2D eigenvalue weighted by molar-refractivity contribution is 7.90. The Morgan fingerprint density at radius 2 is 1.92 bits per heavy atom. The van der Waals surface area contributed by atoms with Crippen LogP contribution in [0.15, 0.2) is 41.5 Å². The van der Waals surface area contributed by atoms with E-state index in [-0.39, 0.29) is 5.75 Å². The van der Waals surface area contributed by atoms with Crippen molar-refractivity contribution in [2.24, 2.45) is 5.10 Å². The third kappa shape index (κ3) is 5.33. The Kier molecular flexibility index (Phi) is 5.98. The molecule has 1 aromatic carbocycles. The maximum Gasteiger partial charge on any atom is 0.427 e. The molecule has 0 bridgehead atoms. The summed E-state index contributed by atoms with van der Waals surface area (Å²) in [5.74, 6) is -0.0456. The molecule has 0 fully saturated rings. The van der Waals surface area contributed by atoms with Crippen molar-refractivity contribution in [3.8, 4) is 0 Å². The fraction of sp³-hybridized carbons (Fsp3) is 0.200. The fourth-order valence-corrected chi connectivity index (χ4v) is 4.29. The molecule has 0 saturated heterocycles. The zero-order valence-electron chi connectivity index (χ0n) is 12.9. The van der Waals surface area contributed by atoms with Crippen LogP contribution in [0.3, 0.4) is 0 Å². The van der Waals surface area contributed by atoms with Crippen LogP contribution in [-0.4, -0.2) is 33.6 Å². The molecule has 2 aromatic rings. The molecule has 1 N–H and O–H groups in total. The SMILES string of the molecule is COC(=O)NN=C(c1ccc(Cl)cc1)c1ccc(CS(C)(=O)=O)s1. The van der Waals surface area contributed by atoms with E-state index in [4.69, 9.17) is 11.6 Å². The molecule has 0 radical (unpaired) electrons. The monoisotopic (exact) mass is 386 g/mol. The highest BCUT2D eigenvalue weighted by atomic mass is 35.5. The summed E-state index contributed by atoms with van der Waals surface area (Å²) in [7, 11) is -1.89. The van der Waals surface area contributed by atoms with E-state index in [0.29, 0.717) is 20.5 Å². The normalized spacial score (nSPS) is 12.0. The van der Waals surface area contributed by atoms with Gasteiger partial charge < -0.3 is 4.74 Å². The number of nitrogens with one attached hydrogen (secondary N) is 1. The Labute approximate surface area is 149 Å². The van der Waals surface area contributed by atoms with Crippen molar-refractivity contribution in [2.75, 3.05) is 13.4 Å². The second-order valence-electron chi connectivity index (χ2n) is 4.91. The minimum absolute atomic E-state index is 0.0456. The minimum Gasteiger partial charge on any atom is -0.452 e. The predicted molar refractivity (Wildman–Crippen MR) is 95.5 cm³/mol. The average molecular weight is 387 g/mol. The van der Waals surface area contributed by atoms with E-state index in [9.17, 15) is 13.2 Å². The standard InChI is InChI=1S/C15H15ClN2O4S2/c1-22-15(19)18-17-14(10-3-5-11(16)6-4-10)13-8-7-12(23-13)9-24(2,20)21/h3-8H,9H2,1-2H3,(H,18,19). The Hall–Kier alpha value is -1.90. The topological polar surface area (TPSA) is 84.8 Å². The number of hydrazone groups is 1. The number of benzene rings is 1. The van der Waals surface area contributed by atoms with Gasteiger partial charge >= 0.3 is 6.09 Å². The van der Waals surface area contributed by atoms with E-state index in [1.807, 2.05) is 0 Å². The number of amides is 1. The lowest BCUT2D eigenvalue weighted by Gasteiger charge is -2.05. The van der Waals surface area contributed by atoms with Gasteiger partial charge in [-0.1, -0.05) is 23.7 Å². The second kappa shape index (κ2) is 7.78. The molecule has 2 rings (SSSR count). The molecule has 0 saturated carbocycles. The summed E-state index contributed by atoms with van der Waals surface area (Å²) in [6, 6.07) is 10.4. The van der Waals surface area contributed by atoms with Crippen LogP contribution in [0.25, 0.3) is 0 Å². The number of rotatable bonds is 5. The lowest BCUT2D eigenvalue weighted by Crippen LogP contribution is -2.19. The molecule has 24 heavy (non-hydrogen) atoms. The Morgan fingerprint density at radius 3 is 2.50 bits per heavy atom. The van der Waals surface area contributed by atoms with Gasteiger partial charge in [0.2, 0.25) is 0 Å². The van der Waals surface area contributed by atoms with Gasteiger partial charge in [-0.05, 0) is 24.3 Å². The van der Waals surface area contributed by atoms with E-state index in [1.54, 1.807) is 36.4 Å². The van der Waals surface area contributed by atoms with E-state index in [0.717, 1.165) is 5.56 Å². The summed E-state index contributed by atoms with van der Waals surface area (Å²) in [4.78, 5) is 12.7. The number of sulfone groups is 1. The molecule has 0 unspecified atom stereocenters. The van der Waals surface area contributed by atoms with E-state index >= 15 is 0 Å². The summed E-state index contributed by atoms with van der Waals surface area (Å²) >= 11 is 7.19. The number of hydrogen-bond donors (Lipinski definition) is 1. The van der Waals surface area contributed by atoms with Crippen molar-refractivity contribution in [3.05, 3.63) is 56.7 Å². The third-order valence-electron chi connectivity index (χ3n) is 2.86. The van der Waals surface area contributed by atoms with Gasteiger partial charge in [0.15, 0.2) is 9.84 Å². The van der Waals surface area contributed by atoms with Crippen LogP contribution in [0, 0.1) is 0 Å². The molecule has 1 heterocycles. The molecule has 0 aliphatic heterocycles. The summed E-state index contributed by atoms with van der Waals surface area (Å²) in [6.07, 6.45) is 0.480. The molecule has 0 spiro atoms. The zero-order valence-corrected chi connectivity index (χ0v) is 15.3. The predicted octanol–water partition coefficient (Wildman–Crippen LogP) is 3.05. The first-order valence-electron chi connectivity index (χ1n) is 6.73. The lowest BCUT2D eigenvalue weighted by molar-refractivity contribution is 0.171. The second-order valence-corrected chi connectivity index (χ2v) is 8.65. The largest absolute Gasteiger partial charge is 0.452 e. The van der Waals surface area contributed by atoms with Gasteiger partial charge in [-0.3, -0.25) is 0 Å². The maximum absolute atomic E-state index is 11.4. The van der Waals surface area contributed by atoms with Crippen molar-refractivity contribution in [3.63, 3.8) is 0 Å². The molecular weight excluding hydrogens is 372 g/mol. The highest BCUT2D eigenvalue weighted by Gasteiger charge is 2.14. The fourth-order valence-electron chi connectivity index (χ4n) is 1.86. The summed E-state index contributed by atoms with van der Waals surface area (Å²) in [5.41, 5.74) is 3.50. The molecule has 0 atom stereocenters. The van der Waals surface area contributed by atoms with Crippen molar-refractivity contribution in [1.29, 1.82) is 0 Å². The van der Waals surface area contributed by atoms with Crippen LogP contribution in [0.4, 0.5) is 4.79 Å². The van der Waals surface area contributed by atoms with Gasteiger partial charge in [-0.25, -0.2) is 18.6 Å². The Morgan fingerprint density at radius 1 is 1.25 bits per heavy atom. The molecular formula is C15H15ClN2O4S2. The quantitative estimate of drug-likeness (QED) is 0.632. The van der Waals surface area contributed by atoms with Crippen LogP contribution >= 0.6 is 22.9 Å². The lowest BCUT2D eigenvalue weighted by atomic mass is 10.1. The number of nitrogens with zero attached hydrogens (tertiary/aromatic N) is 1. The Bertz CT molecular complexity index is 858. The molecule has 0 aliphatic carbocycles. The first-order chi connectivity index (χ1) is 11.3. The number of carbonyl (C=O) groups is 1. The van der Waals surface area contributed by atoms with Crippen LogP contribution in [-0.2, 0) is 20.3 Å². The molecule has 128 valence electrons. The van der Waals surface area contributed by atoms with Crippen LogP contribution < -0.4 is 5.43 Å². The average Bonchev–Trinajstić information content (AvgIpc) is 2.95. The minimum atomic E-state index is -3.13. The van der Waals surface area contributed by atoms with Crippen molar-refractivity contribution < 1.29 is 17.9 Å². The smallest absolute Gasteiger partial charge is 0.427 e. The van der Waals surface area contributed by atoms with Crippen molar-refractivity contribution >= 4 is 44.6 Å². The van der Waals surface area contributed by atoms with Crippen molar-refractivity contribution in [2.45, 2.75) is 5.75 Å². The number of carbonyl (C=O) groups excluding carboxylic acids is 1. The van der Waals surface area contributed by atoms with Gasteiger partial charge in [-0.15, -0.1) is 11.3 Å². The van der Waals surface area contributed by atoms with Gasteiger partial charge in [0.25, 0.3) is 0 Å². The van der Waals surface area contributed by atoms with Crippen LogP contribution in [0.2, 0.25) is 5.02 Å². The maximum atomic E-state index is 11.4. The van der Waals surface area contributed by atoms with Gasteiger partial charge in [0.05, 0.1) is 17.7 Å². The van der Waals surface area contributed by atoms with E-state index in [1.165, 1.54) is 24.7 Å². The molecule has 9 heteroatoms. The zero-order chi connectivity index (χ0) is 17.7. The number of halogens is 1. The molecule has 1 aromatic heterocycles. The first-order valence-corrected chi connectivity index (χ1v) is 9.98. The molecule has 6 nitrogen and oxygen atoms in total. The van der Waals surface area contributed by atoms with Crippen LogP contribution in [0.5, 0.6) is 0 Å². The van der Waals surface area contributed by atoms with Gasteiger partial charge in [0.1, 0.15) is 5.71 Å². The summed E-state index contributed by atoms with van der Waals surface area (Å²) < 4.78 is 27.4. The number of ether oxygens (including phenoxy) is 1. The van der Waals surface area contributed by atoms with Gasteiger partial charge in [0, 0.05) is 21.7 Å². The van der Waals surface area contributed by atoms with Crippen molar-refractivity contribution in [1.82, 2.24) is 5.43 Å². The van der Waals surface area contributed by atoms with Gasteiger partial charge in [-0.2, -0.15) is 5.10 Å². The van der Waals surface area contributed by atoms with E-state index in [2.05, 4.69) is 15.3 Å². The summed E-state index contributed by atoms with van der Waals surface area (Å²) in [5, 5.41) is 4.66. The highest BCUT2D eigenvalue weighted by Crippen LogP contribution is 2.23. The Balaban J connectivity index is 2.39. The molecule has 1 amide bonds. The summed E-state index contributed by atoms with van der Waals surface area (Å²) in [6.45, 7) is 0. The number of hydrogen-bond acceptors (Lipinski definition) is 6. The third-order valence-corrected chi connectivity index (χ3v) is 5.22. The molecule has 0 aliphatic rings. The van der Waals surface area contributed by atoms with E-state index < -0.39 is 15.9 Å².